The molecule has 21 heavy (non-hydrogen) atoms. The van der Waals surface area contributed by atoms with E-state index in [1.165, 1.54) is 0 Å². The first-order valence-corrected chi connectivity index (χ1v) is 7.26. The Morgan fingerprint density at radius 3 is 2.24 bits per heavy atom. The third-order valence-electron chi connectivity index (χ3n) is 3.89. The lowest BCUT2D eigenvalue weighted by atomic mass is 9.85. The summed E-state index contributed by atoms with van der Waals surface area (Å²) in [6.07, 6.45) is 0. The van der Waals surface area contributed by atoms with Crippen molar-refractivity contribution in [3.8, 4) is 12.1 Å². The van der Waals surface area contributed by atoms with Crippen LogP contribution in [-0.4, -0.2) is 5.78 Å². The Morgan fingerprint density at radius 2 is 1.81 bits per heavy atom. The van der Waals surface area contributed by atoms with Gasteiger partial charge in [-0.25, -0.2) is 0 Å². The molecule has 1 aromatic carbocycles. The van der Waals surface area contributed by atoms with Crippen LogP contribution in [0.5, 0.6) is 0 Å². The van der Waals surface area contributed by atoms with Gasteiger partial charge < -0.3 is 0 Å². The zero-order valence-corrected chi connectivity index (χ0v) is 13.5. The van der Waals surface area contributed by atoms with Crippen molar-refractivity contribution in [3.05, 3.63) is 33.8 Å². The molecule has 108 valence electrons. The third kappa shape index (κ3) is 2.42. The normalized spacial score (nSPS) is 23.0. The molecule has 5 heteroatoms. The number of carbonyl (C=O) groups is 1. The Kier molecular flexibility index (Phi) is 3.79. The van der Waals surface area contributed by atoms with Crippen molar-refractivity contribution in [2.24, 2.45) is 16.7 Å². The van der Waals surface area contributed by atoms with E-state index >= 15 is 0 Å². The maximum atomic E-state index is 12.6. The van der Waals surface area contributed by atoms with Gasteiger partial charge in [-0.15, -0.1) is 0 Å². The molecular formula is C16H14Cl2N2O. The van der Waals surface area contributed by atoms with E-state index in [1.807, 2.05) is 12.1 Å². The van der Waals surface area contributed by atoms with E-state index in [4.69, 9.17) is 23.2 Å². The van der Waals surface area contributed by atoms with Crippen LogP contribution in [-0.2, 0) is 4.79 Å². The van der Waals surface area contributed by atoms with E-state index in [9.17, 15) is 15.3 Å². The first-order valence-electron chi connectivity index (χ1n) is 6.51. The summed E-state index contributed by atoms with van der Waals surface area (Å²) in [4.78, 5) is 12.6. The van der Waals surface area contributed by atoms with Crippen molar-refractivity contribution < 1.29 is 4.79 Å². The molecule has 0 aromatic heterocycles. The molecule has 1 aliphatic rings. The molecule has 1 aromatic rings. The van der Waals surface area contributed by atoms with E-state index in [2.05, 4.69) is 0 Å². The smallest absolute Gasteiger partial charge is 0.161 e. The molecule has 0 radical (unpaired) electrons. The number of nitriles is 2. The average Bonchev–Trinajstić information content (AvgIpc) is 3.05. The number of ketones is 1. The predicted octanol–water partition coefficient (Wildman–Crippen LogP) is 4.36. The molecule has 0 aliphatic heterocycles. The van der Waals surface area contributed by atoms with Gasteiger partial charge in [0.2, 0.25) is 0 Å². The summed E-state index contributed by atoms with van der Waals surface area (Å²) in [5.74, 6) is -1.24. The topological polar surface area (TPSA) is 64.7 Å². The third-order valence-corrected chi connectivity index (χ3v) is 4.46. The summed E-state index contributed by atoms with van der Waals surface area (Å²) >= 11 is 12.0. The molecule has 2 unspecified atom stereocenters. The molecule has 2 atom stereocenters. The minimum Gasteiger partial charge on any atom is -0.299 e. The largest absolute Gasteiger partial charge is 0.299 e. The van der Waals surface area contributed by atoms with Gasteiger partial charge in [-0.05, 0) is 17.7 Å². The van der Waals surface area contributed by atoms with Crippen molar-refractivity contribution in [1.29, 1.82) is 10.5 Å². The Balaban J connectivity index is 2.51. The average molecular weight is 321 g/mol. The summed E-state index contributed by atoms with van der Waals surface area (Å²) in [6.45, 7) is 5.36. The number of carbonyl (C=O) groups excluding carboxylic acids is 1. The molecule has 1 aliphatic carbocycles. The Labute approximate surface area is 134 Å². The molecule has 0 bridgehead atoms. The number of rotatable bonds is 2. The van der Waals surface area contributed by atoms with E-state index in [1.54, 1.807) is 39.0 Å². The number of hydrogen-bond donors (Lipinski definition) is 0. The van der Waals surface area contributed by atoms with Gasteiger partial charge in [-0.2, -0.15) is 10.5 Å². The number of nitrogens with zero attached hydrogens (tertiary/aromatic N) is 2. The van der Waals surface area contributed by atoms with Crippen molar-refractivity contribution >= 4 is 29.0 Å². The standard InChI is InChI=1S/C16H14Cl2N2O/c1-15(2,3)14(21)13-12(16(13,7-19)8-20)10-5-4-9(17)6-11(10)18/h4-6,12-13H,1-3H3. The summed E-state index contributed by atoms with van der Waals surface area (Å²) in [6, 6.07) is 8.95. The van der Waals surface area contributed by atoms with Crippen LogP contribution in [0.3, 0.4) is 0 Å². The first-order chi connectivity index (χ1) is 9.69. The van der Waals surface area contributed by atoms with Gasteiger partial charge in [0, 0.05) is 21.4 Å². The minimum absolute atomic E-state index is 0.0957. The number of halogens is 2. The summed E-state index contributed by atoms with van der Waals surface area (Å²) < 4.78 is 0. The number of hydrogen-bond acceptors (Lipinski definition) is 3. The number of benzene rings is 1. The minimum atomic E-state index is -1.33. The zero-order valence-electron chi connectivity index (χ0n) is 11.9. The van der Waals surface area contributed by atoms with Gasteiger partial charge in [0.05, 0.1) is 18.1 Å². The summed E-state index contributed by atoms with van der Waals surface area (Å²) in [7, 11) is 0. The molecular weight excluding hydrogens is 307 g/mol. The highest BCUT2D eigenvalue weighted by Gasteiger charge is 2.71. The Hall–Kier alpha value is -1.55. The molecule has 1 saturated carbocycles. The second kappa shape index (κ2) is 5.02. The van der Waals surface area contributed by atoms with Gasteiger partial charge in [0.15, 0.2) is 5.41 Å². The van der Waals surface area contributed by atoms with E-state index in [0.29, 0.717) is 15.6 Å². The molecule has 0 N–H and O–H groups in total. The van der Waals surface area contributed by atoms with Crippen molar-refractivity contribution in [1.82, 2.24) is 0 Å². The van der Waals surface area contributed by atoms with Crippen LogP contribution in [0, 0.1) is 39.4 Å². The summed E-state index contributed by atoms with van der Waals surface area (Å²) in [5.41, 5.74) is -1.31. The van der Waals surface area contributed by atoms with Crippen LogP contribution in [0.15, 0.2) is 18.2 Å². The highest BCUT2D eigenvalue weighted by molar-refractivity contribution is 6.35. The molecule has 0 amide bonds. The molecule has 0 saturated heterocycles. The maximum Gasteiger partial charge on any atom is 0.161 e. The molecule has 2 rings (SSSR count). The second-order valence-corrected chi connectivity index (χ2v) is 7.17. The second-order valence-electron chi connectivity index (χ2n) is 6.33. The number of Topliss-reactive ketones (excluding diaryl/α,β-unsaturated/α-hetero) is 1. The van der Waals surface area contributed by atoms with Crippen LogP contribution in [0.25, 0.3) is 0 Å². The van der Waals surface area contributed by atoms with E-state index < -0.39 is 22.7 Å². The fourth-order valence-electron chi connectivity index (χ4n) is 2.69. The van der Waals surface area contributed by atoms with E-state index in [-0.39, 0.29) is 5.78 Å². The van der Waals surface area contributed by atoms with Crippen molar-refractivity contribution in [3.63, 3.8) is 0 Å². The van der Waals surface area contributed by atoms with Crippen molar-refractivity contribution in [2.45, 2.75) is 26.7 Å². The fraction of sp³-hybridized carbons (Fsp3) is 0.438. The zero-order chi connectivity index (χ0) is 16.0. The van der Waals surface area contributed by atoms with Gasteiger partial charge in [0.25, 0.3) is 0 Å². The fourth-order valence-corrected chi connectivity index (χ4v) is 3.22. The van der Waals surface area contributed by atoms with Crippen LogP contribution < -0.4 is 0 Å². The van der Waals surface area contributed by atoms with E-state index in [0.717, 1.165) is 0 Å². The van der Waals surface area contributed by atoms with Crippen LogP contribution >= 0.6 is 23.2 Å². The Morgan fingerprint density at radius 1 is 1.24 bits per heavy atom. The Bertz CT molecular complexity index is 678. The monoisotopic (exact) mass is 320 g/mol. The van der Waals surface area contributed by atoms with Gasteiger partial charge >= 0.3 is 0 Å². The van der Waals surface area contributed by atoms with Crippen LogP contribution in [0.4, 0.5) is 0 Å². The quantitative estimate of drug-likeness (QED) is 0.813. The summed E-state index contributed by atoms with van der Waals surface area (Å²) in [5, 5.41) is 19.7. The van der Waals surface area contributed by atoms with Gasteiger partial charge in [0.1, 0.15) is 5.78 Å². The highest BCUT2D eigenvalue weighted by atomic mass is 35.5. The van der Waals surface area contributed by atoms with Crippen LogP contribution in [0.1, 0.15) is 32.3 Å². The molecule has 0 spiro atoms. The molecule has 1 fully saturated rings. The lowest BCUT2D eigenvalue weighted by Gasteiger charge is -2.16. The van der Waals surface area contributed by atoms with Gasteiger partial charge in [-0.1, -0.05) is 50.0 Å². The molecule has 0 heterocycles. The predicted molar refractivity (Wildman–Crippen MR) is 80.8 cm³/mol. The van der Waals surface area contributed by atoms with Gasteiger partial charge in [-0.3, -0.25) is 4.79 Å². The van der Waals surface area contributed by atoms with Crippen molar-refractivity contribution in [2.75, 3.05) is 0 Å². The lowest BCUT2D eigenvalue weighted by Crippen LogP contribution is -2.24. The lowest BCUT2D eigenvalue weighted by molar-refractivity contribution is -0.128. The SMILES string of the molecule is CC(C)(C)C(=O)C1C(c2ccc(Cl)cc2Cl)C1(C#N)C#N. The van der Waals surface area contributed by atoms with Crippen LogP contribution in [0.2, 0.25) is 10.0 Å². The molecule has 3 nitrogen and oxygen atoms in total. The maximum absolute atomic E-state index is 12.6. The highest BCUT2D eigenvalue weighted by Crippen LogP contribution is 2.66. The first kappa shape index (κ1) is 15.8.